The fourth-order valence-corrected chi connectivity index (χ4v) is 2.07. The largest absolute Gasteiger partial charge is 0.295 e. The van der Waals surface area contributed by atoms with Gasteiger partial charge in [-0.25, -0.2) is 0 Å². The lowest BCUT2D eigenvalue weighted by Crippen LogP contribution is -1.80. The molecule has 0 aromatic rings. The first-order valence-electron chi connectivity index (χ1n) is 8.27. The van der Waals surface area contributed by atoms with Gasteiger partial charge in [0.1, 0.15) is 0 Å². The summed E-state index contributed by atoms with van der Waals surface area (Å²) in [6, 6.07) is 0. The first-order chi connectivity index (χ1) is 9.77. The maximum Gasteiger partial charge on any atom is 0.152 e. The molecule has 0 aliphatic rings. The molecule has 0 fully saturated rings. The van der Waals surface area contributed by atoms with Crippen LogP contribution in [0.2, 0.25) is 0 Å². The van der Waals surface area contributed by atoms with Crippen LogP contribution in [0.4, 0.5) is 0 Å². The van der Waals surface area contributed by atoms with Crippen molar-refractivity contribution in [1.29, 1.82) is 0 Å². The summed E-state index contributed by atoms with van der Waals surface area (Å²) < 4.78 is 0. The highest BCUT2D eigenvalue weighted by Crippen LogP contribution is 2.10. The van der Waals surface area contributed by atoms with Gasteiger partial charge in [-0.05, 0) is 25.8 Å². The Labute approximate surface area is 125 Å². The van der Waals surface area contributed by atoms with Crippen LogP contribution in [0.15, 0.2) is 36.5 Å². The lowest BCUT2D eigenvalue weighted by atomic mass is 10.1. The van der Waals surface area contributed by atoms with E-state index in [1.54, 1.807) is 19.1 Å². The Balaban J connectivity index is 3.25. The second kappa shape index (κ2) is 15.9. The molecule has 1 nitrogen and oxygen atoms in total. The Kier molecular flexibility index (Phi) is 15.1. The van der Waals surface area contributed by atoms with Gasteiger partial charge in [0.25, 0.3) is 0 Å². The third-order valence-corrected chi connectivity index (χ3v) is 3.27. The monoisotopic (exact) mass is 276 g/mol. The number of allylic oxidation sites excluding steroid dienone is 6. The highest BCUT2D eigenvalue weighted by atomic mass is 16.1. The van der Waals surface area contributed by atoms with E-state index in [-0.39, 0.29) is 5.78 Å². The third-order valence-electron chi connectivity index (χ3n) is 3.27. The third kappa shape index (κ3) is 16.9. The van der Waals surface area contributed by atoms with E-state index >= 15 is 0 Å². The summed E-state index contributed by atoms with van der Waals surface area (Å²) in [6.45, 7) is 3.83. The molecule has 0 radical (unpaired) electrons. The number of ketones is 1. The zero-order chi connectivity index (χ0) is 14.9. The van der Waals surface area contributed by atoms with Crippen LogP contribution in [0.25, 0.3) is 0 Å². The minimum absolute atomic E-state index is 0.0910. The maximum absolute atomic E-state index is 10.6. The molecule has 0 rings (SSSR count). The standard InChI is InChI=1S/C19H32O/c1-3-4-5-6-7-8-9-10-11-12-13-14-15-16-17-18-19(2)20/h13-18H,3-12H2,1-2H3. The van der Waals surface area contributed by atoms with Gasteiger partial charge in [0, 0.05) is 0 Å². The smallest absolute Gasteiger partial charge is 0.152 e. The van der Waals surface area contributed by atoms with E-state index < -0.39 is 0 Å². The Bertz CT molecular complexity index is 297. The summed E-state index contributed by atoms with van der Waals surface area (Å²) in [6.07, 6.45) is 25.1. The van der Waals surface area contributed by atoms with E-state index in [4.69, 9.17) is 0 Å². The summed E-state index contributed by atoms with van der Waals surface area (Å²) in [7, 11) is 0. The average Bonchev–Trinajstić information content (AvgIpc) is 2.43. The van der Waals surface area contributed by atoms with Gasteiger partial charge in [-0.3, -0.25) is 4.79 Å². The molecule has 0 unspecified atom stereocenters. The molecule has 0 aromatic carbocycles. The van der Waals surface area contributed by atoms with E-state index in [1.807, 2.05) is 12.2 Å². The van der Waals surface area contributed by atoms with Gasteiger partial charge < -0.3 is 0 Å². The molecule has 0 aliphatic carbocycles. The molecule has 114 valence electrons. The Morgan fingerprint density at radius 2 is 1.30 bits per heavy atom. The SMILES string of the molecule is CCCCCCCCCCCC=CC=CC=CC(C)=O. The van der Waals surface area contributed by atoms with Crippen molar-refractivity contribution in [3.63, 3.8) is 0 Å². The number of rotatable bonds is 13. The molecule has 0 saturated heterocycles. The van der Waals surface area contributed by atoms with Crippen LogP contribution >= 0.6 is 0 Å². The summed E-state index contributed by atoms with van der Waals surface area (Å²) in [5.41, 5.74) is 0. The van der Waals surface area contributed by atoms with Gasteiger partial charge in [0.2, 0.25) is 0 Å². The molecule has 0 aromatic heterocycles. The molecule has 0 saturated carbocycles. The predicted octanol–water partition coefficient (Wildman–Crippen LogP) is 6.16. The normalized spacial score (nSPS) is 12.1. The number of carbonyl (C=O) groups excluding carboxylic acids is 1. The summed E-state index contributed by atoms with van der Waals surface area (Å²) in [5.74, 6) is 0.0910. The molecular formula is C19H32O. The van der Waals surface area contributed by atoms with Gasteiger partial charge in [-0.1, -0.05) is 88.7 Å². The van der Waals surface area contributed by atoms with E-state index in [2.05, 4.69) is 19.1 Å². The quantitative estimate of drug-likeness (QED) is 0.223. The minimum atomic E-state index is 0.0910. The molecule has 0 atom stereocenters. The van der Waals surface area contributed by atoms with Crippen molar-refractivity contribution in [2.75, 3.05) is 0 Å². The zero-order valence-corrected chi connectivity index (χ0v) is 13.4. The van der Waals surface area contributed by atoms with Crippen molar-refractivity contribution in [1.82, 2.24) is 0 Å². The molecular weight excluding hydrogens is 244 g/mol. The predicted molar refractivity (Wildman–Crippen MR) is 89.9 cm³/mol. The van der Waals surface area contributed by atoms with Crippen LogP contribution in [0.5, 0.6) is 0 Å². The van der Waals surface area contributed by atoms with Gasteiger partial charge in [-0.15, -0.1) is 0 Å². The molecule has 0 N–H and O–H groups in total. The van der Waals surface area contributed by atoms with Crippen LogP contribution < -0.4 is 0 Å². The summed E-state index contributed by atoms with van der Waals surface area (Å²) >= 11 is 0. The fourth-order valence-electron chi connectivity index (χ4n) is 2.07. The van der Waals surface area contributed by atoms with Crippen molar-refractivity contribution in [2.24, 2.45) is 0 Å². The Morgan fingerprint density at radius 3 is 1.90 bits per heavy atom. The molecule has 0 heterocycles. The van der Waals surface area contributed by atoms with Crippen molar-refractivity contribution < 1.29 is 4.79 Å². The van der Waals surface area contributed by atoms with Gasteiger partial charge in [-0.2, -0.15) is 0 Å². The molecule has 0 spiro atoms. The van der Waals surface area contributed by atoms with E-state index in [9.17, 15) is 4.79 Å². The van der Waals surface area contributed by atoms with Crippen molar-refractivity contribution in [3.05, 3.63) is 36.5 Å². The van der Waals surface area contributed by atoms with Crippen molar-refractivity contribution in [3.8, 4) is 0 Å². The zero-order valence-electron chi connectivity index (χ0n) is 13.4. The van der Waals surface area contributed by atoms with Gasteiger partial charge in [0.15, 0.2) is 5.78 Å². The first kappa shape index (κ1) is 18.9. The Morgan fingerprint density at radius 1 is 0.750 bits per heavy atom. The topological polar surface area (TPSA) is 17.1 Å². The van der Waals surface area contributed by atoms with Crippen LogP contribution in [-0.2, 0) is 4.79 Å². The van der Waals surface area contributed by atoms with Gasteiger partial charge >= 0.3 is 0 Å². The number of unbranched alkanes of at least 4 members (excludes halogenated alkanes) is 9. The average molecular weight is 276 g/mol. The fraction of sp³-hybridized carbons (Fsp3) is 0.632. The van der Waals surface area contributed by atoms with Crippen LogP contribution in [0.1, 0.15) is 78.1 Å². The summed E-state index contributed by atoms with van der Waals surface area (Å²) in [4.78, 5) is 10.6. The molecule has 0 amide bonds. The number of hydrogen-bond acceptors (Lipinski definition) is 1. The molecule has 20 heavy (non-hydrogen) atoms. The molecule has 1 heteroatoms. The molecule has 0 bridgehead atoms. The van der Waals surface area contributed by atoms with Crippen molar-refractivity contribution >= 4 is 5.78 Å². The lowest BCUT2D eigenvalue weighted by molar-refractivity contribution is -0.112. The number of carbonyl (C=O) groups is 1. The highest BCUT2D eigenvalue weighted by Gasteiger charge is 1.90. The van der Waals surface area contributed by atoms with E-state index in [1.165, 1.54) is 57.8 Å². The van der Waals surface area contributed by atoms with Crippen molar-refractivity contribution in [2.45, 2.75) is 78.1 Å². The highest BCUT2D eigenvalue weighted by molar-refractivity contribution is 5.87. The van der Waals surface area contributed by atoms with E-state index in [0.717, 1.165) is 6.42 Å². The van der Waals surface area contributed by atoms with E-state index in [0.29, 0.717) is 0 Å². The summed E-state index contributed by atoms with van der Waals surface area (Å²) in [5, 5.41) is 0. The van der Waals surface area contributed by atoms with Gasteiger partial charge in [0.05, 0.1) is 0 Å². The number of hydrogen-bond donors (Lipinski definition) is 0. The first-order valence-corrected chi connectivity index (χ1v) is 8.27. The Hall–Kier alpha value is -1.11. The lowest BCUT2D eigenvalue weighted by Gasteiger charge is -2.00. The van der Waals surface area contributed by atoms with Crippen LogP contribution in [0, 0.1) is 0 Å². The second-order valence-corrected chi connectivity index (χ2v) is 5.40. The second-order valence-electron chi connectivity index (χ2n) is 5.40. The minimum Gasteiger partial charge on any atom is -0.295 e. The van der Waals surface area contributed by atoms with Crippen LogP contribution in [-0.4, -0.2) is 5.78 Å². The molecule has 0 aliphatic heterocycles. The maximum atomic E-state index is 10.6. The van der Waals surface area contributed by atoms with Crippen LogP contribution in [0.3, 0.4) is 0 Å².